The third kappa shape index (κ3) is 3.25. The van der Waals surface area contributed by atoms with Gasteiger partial charge in [-0.15, -0.1) is 0 Å². The minimum absolute atomic E-state index is 0.195. The molecule has 2 fully saturated rings. The predicted octanol–water partition coefficient (Wildman–Crippen LogP) is 2.54. The highest BCUT2D eigenvalue weighted by molar-refractivity contribution is 5.79. The van der Waals surface area contributed by atoms with Gasteiger partial charge < -0.3 is 10.6 Å². The monoisotopic (exact) mass is 252 g/mol. The third-order valence-corrected chi connectivity index (χ3v) is 4.77. The first-order chi connectivity index (χ1) is 8.72. The number of carbonyl (C=O) groups excluding carboxylic acids is 1. The van der Waals surface area contributed by atoms with Crippen molar-refractivity contribution in [2.45, 2.75) is 64.3 Å². The summed E-state index contributed by atoms with van der Waals surface area (Å²) in [6, 6.07) is 0.303. The topological polar surface area (TPSA) is 46.3 Å². The van der Waals surface area contributed by atoms with Gasteiger partial charge in [0.2, 0.25) is 5.91 Å². The highest BCUT2D eigenvalue weighted by Crippen LogP contribution is 2.31. The first-order valence-corrected chi connectivity index (χ1v) is 7.73. The van der Waals surface area contributed by atoms with E-state index in [1.54, 1.807) is 0 Å². The highest BCUT2D eigenvalue weighted by Gasteiger charge is 2.30. The zero-order chi connectivity index (χ0) is 13.0. The van der Waals surface area contributed by atoms with Crippen molar-refractivity contribution >= 4 is 5.91 Å². The molecule has 1 saturated carbocycles. The lowest BCUT2D eigenvalue weighted by atomic mass is 9.92. The number of hydrogen-bond donors (Lipinski definition) is 1. The average molecular weight is 252 g/mol. The van der Waals surface area contributed by atoms with Gasteiger partial charge in [0.1, 0.15) is 0 Å². The Morgan fingerprint density at radius 3 is 2.56 bits per heavy atom. The van der Waals surface area contributed by atoms with E-state index in [0.717, 1.165) is 31.7 Å². The lowest BCUT2D eigenvalue weighted by Crippen LogP contribution is -2.49. The molecule has 1 amide bonds. The van der Waals surface area contributed by atoms with E-state index >= 15 is 0 Å². The highest BCUT2D eigenvalue weighted by atomic mass is 16.2. The molecule has 2 N–H and O–H groups in total. The van der Waals surface area contributed by atoms with Gasteiger partial charge in [0.25, 0.3) is 0 Å². The number of nitrogens with zero attached hydrogens (tertiary/aromatic N) is 1. The van der Waals surface area contributed by atoms with Gasteiger partial charge in [-0.3, -0.25) is 4.79 Å². The minimum Gasteiger partial charge on any atom is -0.338 e. The zero-order valence-corrected chi connectivity index (χ0v) is 11.7. The molecule has 104 valence electrons. The maximum Gasteiger partial charge on any atom is 0.225 e. The van der Waals surface area contributed by atoms with Gasteiger partial charge in [0, 0.05) is 25.0 Å². The van der Waals surface area contributed by atoms with Crippen molar-refractivity contribution in [3.05, 3.63) is 0 Å². The molecule has 3 heteroatoms. The summed E-state index contributed by atoms with van der Waals surface area (Å²) in [5.41, 5.74) is 5.80. The maximum atomic E-state index is 12.5. The molecule has 2 rings (SSSR count). The Morgan fingerprint density at radius 2 is 1.89 bits per heavy atom. The second-order valence-electron chi connectivity index (χ2n) is 6.20. The number of likely N-dealkylation sites (tertiary alicyclic amines) is 1. The smallest absolute Gasteiger partial charge is 0.225 e. The van der Waals surface area contributed by atoms with E-state index in [9.17, 15) is 4.79 Å². The third-order valence-electron chi connectivity index (χ3n) is 4.77. The predicted molar refractivity (Wildman–Crippen MR) is 74.1 cm³/mol. The van der Waals surface area contributed by atoms with Crippen molar-refractivity contribution in [3.63, 3.8) is 0 Å². The van der Waals surface area contributed by atoms with E-state index in [1.807, 2.05) is 0 Å². The van der Waals surface area contributed by atoms with Gasteiger partial charge in [0.05, 0.1) is 0 Å². The Labute approximate surface area is 111 Å². The molecule has 0 bridgehead atoms. The van der Waals surface area contributed by atoms with E-state index < -0.39 is 0 Å². The van der Waals surface area contributed by atoms with Gasteiger partial charge in [-0.05, 0) is 31.6 Å². The molecular weight excluding hydrogens is 224 g/mol. The Kier molecular flexibility index (Phi) is 5.04. The summed E-state index contributed by atoms with van der Waals surface area (Å²) in [7, 11) is 0. The van der Waals surface area contributed by atoms with Gasteiger partial charge >= 0.3 is 0 Å². The quantitative estimate of drug-likeness (QED) is 0.835. The molecule has 0 aromatic rings. The number of nitrogens with two attached hydrogens (primary N) is 1. The van der Waals surface area contributed by atoms with Gasteiger partial charge in [-0.2, -0.15) is 0 Å². The second-order valence-corrected chi connectivity index (χ2v) is 6.20. The molecule has 1 aliphatic heterocycles. The van der Waals surface area contributed by atoms with Gasteiger partial charge in [0.15, 0.2) is 0 Å². The van der Waals surface area contributed by atoms with Crippen LogP contribution in [0.25, 0.3) is 0 Å². The standard InChI is InChI=1S/C15H28N2O/c1-12(10-13-6-2-3-7-13)15(18)17-9-5-4-8-14(17)11-16/h12-14H,2-11,16H2,1H3. The molecule has 0 radical (unpaired) electrons. The van der Waals surface area contributed by atoms with Crippen LogP contribution >= 0.6 is 0 Å². The molecule has 1 aliphatic carbocycles. The van der Waals surface area contributed by atoms with Gasteiger partial charge in [-0.25, -0.2) is 0 Å². The van der Waals surface area contributed by atoms with Crippen molar-refractivity contribution < 1.29 is 4.79 Å². The molecule has 2 atom stereocenters. The van der Waals surface area contributed by atoms with Crippen molar-refractivity contribution in [1.29, 1.82) is 0 Å². The summed E-state index contributed by atoms with van der Waals surface area (Å²) in [6.45, 7) is 3.67. The normalized spacial score (nSPS) is 27.4. The number of rotatable bonds is 4. The lowest BCUT2D eigenvalue weighted by molar-refractivity contribution is -0.139. The molecule has 18 heavy (non-hydrogen) atoms. The largest absolute Gasteiger partial charge is 0.338 e. The Bertz CT molecular complexity index is 274. The van der Waals surface area contributed by atoms with Crippen LogP contribution in [-0.2, 0) is 4.79 Å². The molecule has 0 aromatic carbocycles. The first kappa shape index (κ1) is 13.9. The molecule has 0 aromatic heterocycles. The summed E-state index contributed by atoms with van der Waals surface area (Å²) < 4.78 is 0. The van der Waals surface area contributed by atoms with Crippen LogP contribution < -0.4 is 5.73 Å². The minimum atomic E-state index is 0.195. The Morgan fingerprint density at radius 1 is 1.22 bits per heavy atom. The van der Waals surface area contributed by atoms with Crippen LogP contribution in [-0.4, -0.2) is 29.9 Å². The summed E-state index contributed by atoms with van der Waals surface area (Å²) in [4.78, 5) is 14.6. The van der Waals surface area contributed by atoms with Crippen LogP contribution in [0.1, 0.15) is 58.3 Å². The number of hydrogen-bond acceptors (Lipinski definition) is 2. The fourth-order valence-electron chi connectivity index (χ4n) is 3.67. The fourth-order valence-corrected chi connectivity index (χ4v) is 3.67. The Balaban J connectivity index is 1.87. The van der Waals surface area contributed by atoms with Gasteiger partial charge in [-0.1, -0.05) is 32.6 Å². The van der Waals surface area contributed by atoms with E-state index in [4.69, 9.17) is 5.73 Å². The molecule has 3 nitrogen and oxygen atoms in total. The maximum absolute atomic E-state index is 12.5. The second kappa shape index (κ2) is 6.55. The van der Waals surface area contributed by atoms with E-state index in [0.29, 0.717) is 18.5 Å². The SMILES string of the molecule is CC(CC1CCCC1)C(=O)N1CCCCC1CN. The molecular formula is C15H28N2O. The molecule has 2 aliphatic rings. The van der Waals surface area contributed by atoms with E-state index in [-0.39, 0.29) is 5.92 Å². The van der Waals surface area contributed by atoms with Crippen LogP contribution in [0, 0.1) is 11.8 Å². The van der Waals surface area contributed by atoms with Crippen LogP contribution in [0.2, 0.25) is 0 Å². The summed E-state index contributed by atoms with van der Waals surface area (Å²) in [5.74, 6) is 1.35. The van der Waals surface area contributed by atoms with Crippen molar-refractivity contribution in [1.82, 2.24) is 4.90 Å². The number of carbonyl (C=O) groups is 1. The van der Waals surface area contributed by atoms with Crippen LogP contribution in [0.15, 0.2) is 0 Å². The summed E-state index contributed by atoms with van der Waals surface area (Å²) in [5, 5.41) is 0. The first-order valence-electron chi connectivity index (χ1n) is 7.73. The Hall–Kier alpha value is -0.570. The van der Waals surface area contributed by atoms with Crippen molar-refractivity contribution in [2.24, 2.45) is 17.6 Å². The number of amides is 1. The van der Waals surface area contributed by atoms with Crippen LogP contribution in [0.5, 0.6) is 0 Å². The van der Waals surface area contributed by atoms with Crippen LogP contribution in [0.4, 0.5) is 0 Å². The average Bonchev–Trinajstić information content (AvgIpc) is 2.90. The van der Waals surface area contributed by atoms with Crippen molar-refractivity contribution in [3.8, 4) is 0 Å². The van der Waals surface area contributed by atoms with E-state index in [1.165, 1.54) is 32.1 Å². The van der Waals surface area contributed by atoms with Crippen LogP contribution in [0.3, 0.4) is 0 Å². The van der Waals surface area contributed by atoms with Crippen molar-refractivity contribution in [2.75, 3.05) is 13.1 Å². The molecule has 0 spiro atoms. The van der Waals surface area contributed by atoms with E-state index in [2.05, 4.69) is 11.8 Å². The molecule has 1 saturated heterocycles. The molecule has 1 heterocycles. The summed E-state index contributed by atoms with van der Waals surface area (Å²) in [6.07, 6.45) is 9.95. The summed E-state index contributed by atoms with van der Waals surface area (Å²) >= 11 is 0. The zero-order valence-electron chi connectivity index (χ0n) is 11.7. The number of piperidine rings is 1. The molecule has 2 unspecified atom stereocenters. The lowest BCUT2D eigenvalue weighted by Gasteiger charge is -2.37. The fraction of sp³-hybridized carbons (Fsp3) is 0.933.